The number of hydrogen-bond donors (Lipinski definition) is 2. The van der Waals surface area contributed by atoms with Crippen LogP contribution in [-0.2, 0) is 12.0 Å². The van der Waals surface area contributed by atoms with Crippen molar-refractivity contribution in [2.75, 3.05) is 5.32 Å². The summed E-state index contributed by atoms with van der Waals surface area (Å²) in [7, 11) is 0. The standard InChI is InChI=1S/C49H42FNO3/c1-48(2)24-23-38-36(27-48)28-49(3,4)46-41(38)21-17-34-25-35(26-42(44(34)46)51-29-31-11-18-37(50)19-12-31)40-20-16-32-7-5-6-8-39(32)45(40)43(52)22-13-30-9-14-33(15-10-30)47(53)54/h5-26,51H,27-29H2,1-4H3,(H,53,54). The van der Waals surface area contributed by atoms with Gasteiger partial charge in [-0.2, -0.15) is 0 Å². The molecule has 0 fully saturated rings. The van der Waals surface area contributed by atoms with Crippen LogP contribution in [0.3, 0.4) is 0 Å². The van der Waals surface area contributed by atoms with Crippen molar-refractivity contribution in [3.8, 4) is 11.1 Å². The second kappa shape index (κ2) is 13.4. The van der Waals surface area contributed by atoms with Gasteiger partial charge in [-0.25, -0.2) is 9.18 Å². The number of ketones is 1. The summed E-state index contributed by atoms with van der Waals surface area (Å²) in [6.07, 6.45) is 9.96. The van der Waals surface area contributed by atoms with E-state index in [1.54, 1.807) is 36.4 Å². The third kappa shape index (κ3) is 6.56. The van der Waals surface area contributed by atoms with Gasteiger partial charge in [-0.15, -0.1) is 0 Å². The summed E-state index contributed by atoms with van der Waals surface area (Å²) in [5, 5.41) is 17.1. The Labute approximate surface area is 315 Å². The van der Waals surface area contributed by atoms with Crippen LogP contribution in [0.25, 0.3) is 44.3 Å². The predicted octanol–water partition coefficient (Wildman–Crippen LogP) is 12.4. The molecule has 2 N–H and O–H groups in total. The fourth-order valence-corrected chi connectivity index (χ4v) is 8.45. The minimum Gasteiger partial charge on any atom is -0.478 e. The van der Waals surface area contributed by atoms with Crippen LogP contribution in [0, 0.1) is 11.2 Å². The first-order chi connectivity index (χ1) is 25.9. The van der Waals surface area contributed by atoms with E-state index >= 15 is 0 Å². The van der Waals surface area contributed by atoms with Gasteiger partial charge >= 0.3 is 5.97 Å². The molecule has 2 aliphatic rings. The molecule has 0 aromatic heterocycles. The van der Waals surface area contributed by atoms with Crippen LogP contribution in [0.5, 0.6) is 0 Å². The van der Waals surface area contributed by atoms with Crippen molar-refractivity contribution in [1.29, 1.82) is 0 Å². The van der Waals surface area contributed by atoms with Gasteiger partial charge in [-0.3, -0.25) is 4.79 Å². The van der Waals surface area contributed by atoms with Crippen molar-refractivity contribution >= 4 is 50.6 Å². The summed E-state index contributed by atoms with van der Waals surface area (Å²) in [5.74, 6) is -1.41. The Balaban J connectivity index is 1.30. The molecule has 0 aliphatic heterocycles. The SMILES string of the molecule is CC1(C)C=CC2=C(C1)CC(C)(C)c1c2ccc2cc(-c3ccc4ccccc4c3C(=O)C=Cc3ccc(C(=O)O)cc3)cc(NCc3ccc(F)cc3)c12. The molecule has 4 nitrogen and oxygen atoms in total. The summed E-state index contributed by atoms with van der Waals surface area (Å²) in [5.41, 5.74) is 10.5. The number of anilines is 1. The number of aromatic carboxylic acids is 1. The molecule has 0 atom stereocenters. The average Bonchev–Trinajstić information content (AvgIpc) is 3.15. The molecule has 6 aromatic rings. The monoisotopic (exact) mass is 711 g/mol. The van der Waals surface area contributed by atoms with Crippen molar-refractivity contribution in [2.45, 2.75) is 52.5 Å². The van der Waals surface area contributed by atoms with E-state index < -0.39 is 5.97 Å². The molecule has 0 saturated carbocycles. The Hall–Kier alpha value is -6.07. The lowest BCUT2D eigenvalue weighted by atomic mass is 9.64. The number of halogens is 1. The molecular weight excluding hydrogens is 670 g/mol. The lowest BCUT2D eigenvalue weighted by molar-refractivity contribution is 0.0696. The second-order valence-electron chi connectivity index (χ2n) is 16.0. The highest BCUT2D eigenvalue weighted by atomic mass is 19.1. The van der Waals surface area contributed by atoms with E-state index in [1.165, 1.54) is 46.5 Å². The Bertz CT molecular complexity index is 2590. The number of allylic oxidation sites excluding steroid dienone is 5. The van der Waals surface area contributed by atoms with E-state index in [1.807, 2.05) is 30.3 Å². The summed E-state index contributed by atoms with van der Waals surface area (Å²) in [4.78, 5) is 25.7. The molecule has 268 valence electrons. The molecule has 0 spiro atoms. The molecule has 0 heterocycles. The Morgan fingerprint density at radius 2 is 1.54 bits per heavy atom. The third-order valence-corrected chi connectivity index (χ3v) is 11.0. The van der Waals surface area contributed by atoms with Crippen LogP contribution in [0.2, 0.25) is 0 Å². The highest BCUT2D eigenvalue weighted by molar-refractivity contribution is 6.19. The summed E-state index contributed by atoms with van der Waals surface area (Å²) in [6, 6.07) is 33.9. The number of nitrogens with one attached hydrogen (secondary N) is 1. The largest absolute Gasteiger partial charge is 0.478 e. The topological polar surface area (TPSA) is 66.4 Å². The van der Waals surface area contributed by atoms with Gasteiger partial charge in [0.15, 0.2) is 5.78 Å². The first-order valence-corrected chi connectivity index (χ1v) is 18.5. The minimum absolute atomic E-state index is 0.120. The first-order valence-electron chi connectivity index (χ1n) is 18.5. The molecule has 0 saturated heterocycles. The summed E-state index contributed by atoms with van der Waals surface area (Å²) >= 11 is 0. The van der Waals surface area contributed by atoms with Crippen LogP contribution in [0.1, 0.15) is 83.5 Å². The lowest BCUT2D eigenvalue weighted by Crippen LogP contribution is -2.28. The molecule has 0 unspecified atom stereocenters. The number of rotatable bonds is 8. The minimum atomic E-state index is -0.996. The van der Waals surface area contributed by atoms with Gasteiger partial charge in [0.25, 0.3) is 0 Å². The van der Waals surface area contributed by atoms with Crippen LogP contribution >= 0.6 is 0 Å². The van der Waals surface area contributed by atoms with Crippen molar-refractivity contribution in [3.05, 3.63) is 172 Å². The molecule has 0 bridgehead atoms. The quantitative estimate of drug-likeness (QED) is 0.122. The Morgan fingerprint density at radius 3 is 2.30 bits per heavy atom. The molecular formula is C49H42FNO3. The normalized spacial score (nSPS) is 15.7. The molecule has 6 aromatic carbocycles. The number of carbonyl (C=O) groups excluding carboxylic acids is 1. The number of carbonyl (C=O) groups is 2. The zero-order valence-electron chi connectivity index (χ0n) is 31.0. The van der Waals surface area contributed by atoms with E-state index in [0.29, 0.717) is 12.1 Å². The van der Waals surface area contributed by atoms with E-state index in [2.05, 4.69) is 75.5 Å². The molecule has 0 radical (unpaired) electrons. The Kier molecular flexibility index (Phi) is 8.69. The summed E-state index contributed by atoms with van der Waals surface area (Å²) in [6.45, 7) is 9.79. The van der Waals surface area contributed by atoms with E-state index in [-0.39, 0.29) is 28.0 Å². The van der Waals surface area contributed by atoms with E-state index in [4.69, 9.17) is 0 Å². The van der Waals surface area contributed by atoms with Crippen molar-refractivity contribution in [2.24, 2.45) is 5.41 Å². The number of benzene rings is 6. The fourth-order valence-electron chi connectivity index (χ4n) is 8.45. The highest BCUT2D eigenvalue weighted by Crippen LogP contribution is 2.52. The molecule has 5 heteroatoms. The maximum Gasteiger partial charge on any atom is 0.335 e. The van der Waals surface area contributed by atoms with Crippen LogP contribution in [-0.4, -0.2) is 16.9 Å². The van der Waals surface area contributed by atoms with Gasteiger partial charge in [0.1, 0.15) is 5.82 Å². The zero-order valence-corrected chi connectivity index (χ0v) is 31.0. The van der Waals surface area contributed by atoms with E-state index in [9.17, 15) is 19.1 Å². The number of fused-ring (bicyclic) bond motifs is 5. The van der Waals surface area contributed by atoms with Gasteiger partial charge in [-0.05, 0) is 121 Å². The van der Waals surface area contributed by atoms with Gasteiger partial charge in [-0.1, -0.05) is 124 Å². The van der Waals surface area contributed by atoms with Gasteiger partial charge < -0.3 is 10.4 Å². The number of hydrogen-bond acceptors (Lipinski definition) is 3. The average molecular weight is 712 g/mol. The molecule has 2 aliphatic carbocycles. The maximum absolute atomic E-state index is 14.3. The predicted molar refractivity (Wildman–Crippen MR) is 219 cm³/mol. The molecule has 0 amide bonds. The second-order valence-corrected chi connectivity index (χ2v) is 16.0. The van der Waals surface area contributed by atoms with Crippen LogP contribution in [0.15, 0.2) is 133 Å². The van der Waals surface area contributed by atoms with Gasteiger partial charge in [0.2, 0.25) is 0 Å². The van der Waals surface area contributed by atoms with Gasteiger partial charge in [0.05, 0.1) is 5.56 Å². The zero-order chi connectivity index (χ0) is 37.8. The highest BCUT2D eigenvalue weighted by Gasteiger charge is 2.37. The first kappa shape index (κ1) is 35.0. The third-order valence-electron chi connectivity index (χ3n) is 11.0. The fraction of sp³-hybridized carbons (Fsp3) is 0.184. The molecule has 54 heavy (non-hydrogen) atoms. The Morgan fingerprint density at radius 1 is 0.815 bits per heavy atom. The van der Waals surface area contributed by atoms with Crippen molar-refractivity contribution in [3.63, 3.8) is 0 Å². The molecule has 8 rings (SSSR count). The van der Waals surface area contributed by atoms with Gasteiger partial charge in [0, 0.05) is 23.2 Å². The van der Waals surface area contributed by atoms with Crippen molar-refractivity contribution < 1.29 is 19.1 Å². The smallest absolute Gasteiger partial charge is 0.335 e. The lowest BCUT2D eigenvalue weighted by Gasteiger charge is -2.40. The summed E-state index contributed by atoms with van der Waals surface area (Å²) < 4.78 is 13.9. The maximum atomic E-state index is 14.3. The number of carboxylic acids is 1. The van der Waals surface area contributed by atoms with E-state index in [0.717, 1.165) is 62.3 Å². The van der Waals surface area contributed by atoms with Crippen LogP contribution in [0.4, 0.5) is 10.1 Å². The van der Waals surface area contributed by atoms with Crippen molar-refractivity contribution in [1.82, 2.24) is 0 Å². The number of carboxylic acid groups (broad SMARTS) is 1. The van der Waals surface area contributed by atoms with Crippen LogP contribution < -0.4 is 5.32 Å².